The number of carbonyl (C=O) groups is 1. The van der Waals surface area contributed by atoms with E-state index in [2.05, 4.69) is 43.0 Å². The van der Waals surface area contributed by atoms with Crippen molar-refractivity contribution >= 4 is 34.7 Å². The average Bonchev–Trinajstić information content (AvgIpc) is 3.45. The van der Waals surface area contributed by atoms with Crippen LogP contribution in [0.25, 0.3) is 0 Å². The van der Waals surface area contributed by atoms with Gasteiger partial charge in [0, 0.05) is 58.9 Å². The van der Waals surface area contributed by atoms with Gasteiger partial charge in [0.1, 0.15) is 17.7 Å². The third-order valence-corrected chi connectivity index (χ3v) is 9.57. The molecule has 11 nitrogen and oxygen atoms in total. The number of para-hydroxylation sites is 1. The lowest BCUT2D eigenvalue weighted by molar-refractivity contribution is -0.0306. The maximum absolute atomic E-state index is 13.3. The highest BCUT2D eigenvalue weighted by atomic mass is 16.5. The Kier molecular flexibility index (Phi) is 7.42. The van der Waals surface area contributed by atoms with Crippen molar-refractivity contribution in [2.24, 2.45) is 0 Å². The van der Waals surface area contributed by atoms with E-state index in [4.69, 9.17) is 9.72 Å². The number of hydrogen-bond donors (Lipinski definition) is 2. The van der Waals surface area contributed by atoms with Crippen LogP contribution in [0.5, 0.6) is 5.75 Å². The van der Waals surface area contributed by atoms with Crippen LogP contribution in [0, 0.1) is 0 Å². The molecule has 3 aromatic rings. The summed E-state index contributed by atoms with van der Waals surface area (Å²) in [4.78, 5) is 33.6. The van der Waals surface area contributed by atoms with Gasteiger partial charge in [0.2, 0.25) is 5.95 Å². The maximum Gasteiger partial charge on any atom is 0.260 e. The Morgan fingerprint density at radius 3 is 2.58 bits per heavy atom. The summed E-state index contributed by atoms with van der Waals surface area (Å²) in [7, 11) is 5.58. The minimum Gasteiger partial charge on any atom is -0.495 e. The Balaban J connectivity index is 1.07. The zero-order valence-corrected chi connectivity index (χ0v) is 25.2. The number of hydrogen-bond acceptors (Lipinski definition) is 10. The van der Waals surface area contributed by atoms with E-state index in [9.17, 15) is 9.90 Å². The number of amides is 1. The number of benzene rings is 2. The summed E-state index contributed by atoms with van der Waals surface area (Å²) in [5.74, 6) is 1.64. The highest BCUT2D eigenvalue weighted by molar-refractivity contribution is 6.14. The van der Waals surface area contributed by atoms with Crippen molar-refractivity contribution in [3.05, 3.63) is 59.3 Å². The summed E-state index contributed by atoms with van der Waals surface area (Å²) >= 11 is 0. The molecule has 2 N–H and O–H groups in total. The lowest BCUT2D eigenvalue weighted by Gasteiger charge is -2.43. The lowest BCUT2D eigenvalue weighted by Crippen LogP contribution is -2.52. The molecule has 11 heteroatoms. The fraction of sp³-hybridized carbons (Fsp3) is 0.469. The van der Waals surface area contributed by atoms with Crippen LogP contribution in [-0.2, 0) is 6.42 Å². The van der Waals surface area contributed by atoms with E-state index in [1.165, 1.54) is 0 Å². The average molecular weight is 585 g/mol. The number of piperazine rings is 1. The Hall–Kier alpha value is -3.77. The molecule has 1 unspecified atom stereocenters. The zero-order valence-electron chi connectivity index (χ0n) is 25.2. The van der Waals surface area contributed by atoms with Gasteiger partial charge >= 0.3 is 0 Å². The van der Waals surface area contributed by atoms with Crippen LogP contribution in [0.1, 0.15) is 40.6 Å². The second-order valence-electron chi connectivity index (χ2n) is 12.0. The molecule has 2 fully saturated rings. The van der Waals surface area contributed by atoms with Gasteiger partial charge in [-0.15, -0.1) is 0 Å². The monoisotopic (exact) mass is 584 g/mol. The van der Waals surface area contributed by atoms with E-state index in [0.29, 0.717) is 40.5 Å². The van der Waals surface area contributed by atoms with Gasteiger partial charge in [-0.05, 0) is 55.6 Å². The Bertz CT molecular complexity index is 1520. The van der Waals surface area contributed by atoms with Crippen LogP contribution in [0.15, 0.2) is 42.6 Å². The summed E-state index contributed by atoms with van der Waals surface area (Å²) in [5, 5.41) is 14.6. The van der Waals surface area contributed by atoms with Crippen LogP contribution in [0.3, 0.4) is 0 Å². The quantitative estimate of drug-likeness (QED) is 0.449. The van der Waals surface area contributed by atoms with Crippen LogP contribution < -0.4 is 19.9 Å². The van der Waals surface area contributed by atoms with Gasteiger partial charge in [0.25, 0.3) is 5.91 Å². The van der Waals surface area contributed by atoms with Crippen molar-refractivity contribution in [1.29, 1.82) is 0 Å². The van der Waals surface area contributed by atoms with Gasteiger partial charge in [-0.2, -0.15) is 4.98 Å². The number of carbonyl (C=O) groups excluding carboxylic acids is 1. The second-order valence-corrected chi connectivity index (χ2v) is 12.0. The summed E-state index contributed by atoms with van der Waals surface area (Å²) < 4.78 is 5.74. The molecule has 0 aliphatic carbocycles. The van der Waals surface area contributed by atoms with E-state index in [1.807, 2.05) is 30.3 Å². The van der Waals surface area contributed by atoms with Crippen LogP contribution in [0.2, 0.25) is 0 Å². The number of aliphatic hydroxyl groups excluding tert-OH is 1. The van der Waals surface area contributed by atoms with Crippen LogP contribution >= 0.6 is 0 Å². The number of piperidine rings is 1. The van der Waals surface area contributed by atoms with Gasteiger partial charge in [-0.25, -0.2) is 4.98 Å². The molecule has 2 saturated heterocycles. The third-order valence-electron chi connectivity index (χ3n) is 9.57. The molecule has 0 spiro atoms. The Morgan fingerprint density at radius 2 is 1.81 bits per heavy atom. The van der Waals surface area contributed by atoms with Crippen molar-refractivity contribution in [3.63, 3.8) is 0 Å². The number of rotatable bonds is 6. The molecule has 0 bridgehead atoms. The first kappa shape index (κ1) is 28.0. The predicted molar refractivity (Wildman–Crippen MR) is 167 cm³/mol. The molecule has 1 amide bonds. The molecule has 2 aromatic carbocycles. The number of fused-ring (bicyclic) bond motifs is 2. The number of nitrogens with one attached hydrogen (secondary N) is 1. The van der Waals surface area contributed by atoms with Crippen molar-refractivity contribution < 1.29 is 14.6 Å². The van der Waals surface area contributed by atoms with Crippen LogP contribution in [-0.4, -0.2) is 109 Å². The molecule has 4 aliphatic rings. The summed E-state index contributed by atoms with van der Waals surface area (Å²) in [6, 6.07) is 12.2. The fourth-order valence-electron chi connectivity index (χ4n) is 6.98. The lowest BCUT2D eigenvalue weighted by atomic mass is 10.0. The van der Waals surface area contributed by atoms with Gasteiger partial charge in [-0.3, -0.25) is 14.6 Å². The van der Waals surface area contributed by atoms with E-state index in [1.54, 1.807) is 25.3 Å². The molecule has 226 valence electrons. The smallest absolute Gasteiger partial charge is 0.260 e. The highest BCUT2D eigenvalue weighted by Gasteiger charge is 2.35. The van der Waals surface area contributed by atoms with Crippen molar-refractivity contribution in [3.8, 4) is 5.75 Å². The van der Waals surface area contributed by atoms with Gasteiger partial charge in [0.05, 0.1) is 30.2 Å². The van der Waals surface area contributed by atoms with Gasteiger partial charge in [0.15, 0.2) is 5.82 Å². The van der Waals surface area contributed by atoms with Crippen molar-refractivity contribution in [1.82, 2.24) is 24.7 Å². The minimum atomic E-state index is -0.697. The number of methoxy groups -OCH3 is 1. The molecule has 43 heavy (non-hydrogen) atoms. The Labute approximate surface area is 252 Å². The molecular weight excluding hydrogens is 544 g/mol. The molecule has 0 saturated carbocycles. The zero-order chi connectivity index (χ0) is 29.7. The Morgan fingerprint density at radius 1 is 1.02 bits per heavy atom. The van der Waals surface area contributed by atoms with Crippen LogP contribution in [0.4, 0.5) is 28.8 Å². The van der Waals surface area contributed by atoms with Crippen molar-refractivity contribution in [2.75, 3.05) is 82.1 Å². The number of aliphatic hydroxyl groups is 1. The summed E-state index contributed by atoms with van der Waals surface area (Å²) in [6.45, 7) is 6.99. The SMILES string of the molecule is COc1cc(C(O)N2CCC(N3CCN(C)CC3)CC2)ccc1Nc1ncc2c(n1)N1CCc3cccc(c31)C(=O)N2C. The standard InChI is InChI=1S/C32H40N8O3/c1-36-15-17-38(18-16-36)23-10-12-39(13-11-23)30(41)22-7-8-25(27(19-22)43-3)34-32-33-20-26-29(35-32)40-14-9-21-5-4-6-24(28(21)40)31(42)37(26)2/h4-8,19-20,23,30,41H,9-18H2,1-3H3,(H,33,34,35). The fourth-order valence-corrected chi connectivity index (χ4v) is 6.98. The molecule has 7 rings (SSSR count). The number of likely N-dealkylation sites (tertiary alicyclic amines) is 1. The molecule has 1 aromatic heterocycles. The molecule has 5 heterocycles. The first-order valence-corrected chi connectivity index (χ1v) is 15.3. The van der Waals surface area contributed by atoms with E-state index in [0.717, 1.165) is 81.9 Å². The number of anilines is 5. The van der Waals surface area contributed by atoms with E-state index >= 15 is 0 Å². The third kappa shape index (κ3) is 5.10. The normalized spacial score (nSPS) is 20.5. The molecular formula is C32H40N8O3. The number of aromatic nitrogens is 2. The number of likely N-dealkylation sites (N-methyl/N-ethyl adjacent to an activating group) is 1. The molecule has 4 aliphatic heterocycles. The first-order chi connectivity index (χ1) is 20.9. The topological polar surface area (TPSA) is 101 Å². The molecule has 0 radical (unpaired) electrons. The van der Waals surface area contributed by atoms with E-state index < -0.39 is 6.23 Å². The highest BCUT2D eigenvalue weighted by Crippen LogP contribution is 2.44. The molecule has 1 atom stereocenters. The second kappa shape index (κ2) is 11.4. The first-order valence-electron chi connectivity index (χ1n) is 15.3. The maximum atomic E-state index is 13.3. The number of nitrogens with zero attached hydrogens (tertiary/aromatic N) is 7. The van der Waals surface area contributed by atoms with Gasteiger partial charge in [-0.1, -0.05) is 18.2 Å². The minimum absolute atomic E-state index is 0.0637. The number of ether oxygens (including phenoxy) is 1. The largest absolute Gasteiger partial charge is 0.495 e. The predicted octanol–water partition coefficient (Wildman–Crippen LogP) is 3.22. The van der Waals surface area contributed by atoms with Crippen molar-refractivity contribution in [2.45, 2.75) is 31.5 Å². The van der Waals surface area contributed by atoms with Gasteiger partial charge < -0.3 is 29.9 Å². The summed E-state index contributed by atoms with van der Waals surface area (Å²) in [6.07, 6.45) is 3.99. The van der Waals surface area contributed by atoms with E-state index in [-0.39, 0.29) is 5.91 Å². The summed E-state index contributed by atoms with van der Waals surface area (Å²) in [5.41, 5.74) is 4.94.